The fourth-order valence-corrected chi connectivity index (χ4v) is 3.72. The summed E-state index contributed by atoms with van der Waals surface area (Å²) in [5.74, 6) is 0.120. The standard InChI is InChI=1S/C24H26FN5O/c1-4-31-19-10-11-22(20(25)14-19)30-17(3)23-16(2)27-28-21(24(23)29-30)12-13-26-15-18-8-6-5-7-9-18/h5-11,14,26H,4,12-13,15H2,1-3H3. The third-order valence-corrected chi connectivity index (χ3v) is 5.24. The molecule has 0 bridgehead atoms. The van der Waals surface area contributed by atoms with Crippen LogP contribution in [0.1, 0.15) is 29.6 Å². The van der Waals surface area contributed by atoms with Gasteiger partial charge in [-0.25, -0.2) is 9.07 Å². The quantitative estimate of drug-likeness (QED) is 0.431. The third kappa shape index (κ3) is 4.41. The number of hydrogen-bond donors (Lipinski definition) is 1. The van der Waals surface area contributed by atoms with Gasteiger partial charge >= 0.3 is 0 Å². The first-order valence-corrected chi connectivity index (χ1v) is 10.5. The van der Waals surface area contributed by atoms with E-state index < -0.39 is 0 Å². The topological polar surface area (TPSA) is 64.9 Å². The highest BCUT2D eigenvalue weighted by Gasteiger charge is 2.18. The fourth-order valence-electron chi connectivity index (χ4n) is 3.72. The molecule has 4 rings (SSSR count). The van der Waals surface area contributed by atoms with E-state index in [1.54, 1.807) is 16.8 Å². The van der Waals surface area contributed by atoms with Crippen molar-refractivity contribution < 1.29 is 9.13 Å². The molecule has 160 valence electrons. The molecule has 2 aromatic carbocycles. The van der Waals surface area contributed by atoms with Crippen molar-refractivity contribution in [3.05, 3.63) is 77.0 Å². The molecule has 0 amide bonds. The molecular weight excluding hydrogens is 393 g/mol. The number of aryl methyl sites for hydroxylation is 2. The molecule has 0 atom stereocenters. The predicted octanol–water partition coefficient (Wildman–Crippen LogP) is 4.30. The van der Waals surface area contributed by atoms with Crippen molar-refractivity contribution in [1.29, 1.82) is 0 Å². The zero-order valence-corrected chi connectivity index (χ0v) is 18.0. The second-order valence-electron chi connectivity index (χ2n) is 7.41. The summed E-state index contributed by atoms with van der Waals surface area (Å²) in [4.78, 5) is 0. The van der Waals surface area contributed by atoms with E-state index in [0.29, 0.717) is 24.5 Å². The highest BCUT2D eigenvalue weighted by atomic mass is 19.1. The molecule has 0 fully saturated rings. The Kier molecular flexibility index (Phi) is 6.23. The van der Waals surface area contributed by atoms with Gasteiger partial charge < -0.3 is 10.1 Å². The van der Waals surface area contributed by atoms with E-state index in [1.807, 2.05) is 39.0 Å². The molecule has 31 heavy (non-hydrogen) atoms. The van der Waals surface area contributed by atoms with Crippen molar-refractivity contribution >= 4 is 10.9 Å². The zero-order valence-electron chi connectivity index (χ0n) is 18.0. The van der Waals surface area contributed by atoms with E-state index in [-0.39, 0.29) is 5.82 Å². The van der Waals surface area contributed by atoms with Crippen LogP contribution in [0.5, 0.6) is 5.75 Å². The van der Waals surface area contributed by atoms with E-state index in [2.05, 4.69) is 27.6 Å². The van der Waals surface area contributed by atoms with Crippen molar-refractivity contribution in [3.63, 3.8) is 0 Å². The van der Waals surface area contributed by atoms with Crippen molar-refractivity contribution in [2.24, 2.45) is 0 Å². The average Bonchev–Trinajstić information content (AvgIpc) is 3.12. The van der Waals surface area contributed by atoms with Gasteiger partial charge in [-0.05, 0) is 38.5 Å². The number of hydrogen-bond acceptors (Lipinski definition) is 5. The molecule has 2 aromatic heterocycles. The van der Waals surface area contributed by atoms with E-state index in [9.17, 15) is 4.39 Å². The van der Waals surface area contributed by atoms with Crippen molar-refractivity contribution in [2.75, 3.05) is 13.2 Å². The third-order valence-electron chi connectivity index (χ3n) is 5.24. The van der Waals surface area contributed by atoms with Crippen LogP contribution in [-0.4, -0.2) is 33.1 Å². The lowest BCUT2D eigenvalue weighted by molar-refractivity contribution is 0.338. The lowest BCUT2D eigenvalue weighted by Gasteiger charge is -2.08. The van der Waals surface area contributed by atoms with Crippen LogP contribution in [0.25, 0.3) is 16.6 Å². The largest absolute Gasteiger partial charge is 0.494 e. The summed E-state index contributed by atoms with van der Waals surface area (Å²) < 4.78 is 21.8. The molecule has 1 N–H and O–H groups in total. The number of aromatic nitrogens is 4. The molecule has 0 spiro atoms. The molecule has 0 saturated carbocycles. The molecule has 6 nitrogen and oxygen atoms in total. The van der Waals surface area contributed by atoms with Crippen LogP contribution in [-0.2, 0) is 13.0 Å². The van der Waals surface area contributed by atoms with E-state index in [4.69, 9.17) is 9.84 Å². The minimum atomic E-state index is -0.383. The van der Waals surface area contributed by atoms with Crippen LogP contribution in [0.4, 0.5) is 4.39 Å². The summed E-state index contributed by atoms with van der Waals surface area (Å²) in [7, 11) is 0. The van der Waals surface area contributed by atoms with Gasteiger partial charge in [-0.1, -0.05) is 30.3 Å². The number of ether oxygens (including phenoxy) is 1. The Morgan fingerprint density at radius 3 is 2.61 bits per heavy atom. The van der Waals surface area contributed by atoms with Gasteiger partial charge in [-0.2, -0.15) is 15.3 Å². The van der Waals surface area contributed by atoms with Crippen molar-refractivity contribution in [1.82, 2.24) is 25.3 Å². The van der Waals surface area contributed by atoms with E-state index >= 15 is 0 Å². The Hall–Kier alpha value is -3.32. The number of nitrogens with one attached hydrogen (secondary N) is 1. The number of halogens is 1. The van der Waals surface area contributed by atoms with Gasteiger partial charge in [0.1, 0.15) is 17.0 Å². The first-order chi connectivity index (χ1) is 15.1. The van der Waals surface area contributed by atoms with Gasteiger partial charge in [-0.3, -0.25) is 0 Å². The number of benzene rings is 2. The van der Waals surface area contributed by atoms with E-state index in [0.717, 1.165) is 41.1 Å². The summed E-state index contributed by atoms with van der Waals surface area (Å²) in [6.45, 7) is 7.72. The second kappa shape index (κ2) is 9.22. The van der Waals surface area contributed by atoms with Crippen molar-refractivity contribution in [2.45, 2.75) is 33.7 Å². The van der Waals surface area contributed by atoms with Gasteiger partial charge in [0.05, 0.1) is 23.7 Å². The highest BCUT2D eigenvalue weighted by Crippen LogP contribution is 2.27. The minimum Gasteiger partial charge on any atom is -0.494 e. The van der Waals surface area contributed by atoms with Gasteiger partial charge in [-0.15, -0.1) is 0 Å². The van der Waals surface area contributed by atoms with Crippen LogP contribution in [0, 0.1) is 19.7 Å². The zero-order chi connectivity index (χ0) is 21.8. The van der Waals surface area contributed by atoms with Gasteiger partial charge in [0, 0.05) is 31.0 Å². The maximum absolute atomic E-state index is 14.8. The van der Waals surface area contributed by atoms with Crippen LogP contribution < -0.4 is 10.1 Å². The summed E-state index contributed by atoms with van der Waals surface area (Å²) >= 11 is 0. The first-order valence-electron chi connectivity index (χ1n) is 10.5. The molecule has 7 heteroatoms. The van der Waals surface area contributed by atoms with Gasteiger partial charge in [0.2, 0.25) is 0 Å². The van der Waals surface area contributed by atoms with Crippen LogP contribution >= 0.6 is 0 Å². The Balaban J connectivity index is 1.60. The molecule has 2 heterocycles. The maximum Gasteiger partial charge on any atom is 0.152 e. The number of fused-ring (bicyclic) bond motifs is 1. The SMILES string of the molecule is CCOc1ccc(-n2nc3c(CCNCc4ccccc4)nnc(C)c3c2C)c(F)c1. The van der Waals surface area contributed by atoms with Crippen LogP contribution in [0.2, 0.25) is 0 Å². The van der Waals surface area contributed by atoms with Crippen LogP contribution in [0.15, 0.2) is 48.5 Å². The molecule has 0 radical (unpaired) electrons. The normalized spacial score (nSPS) is 11.2. The Morgan fingerprint density at radius 1 is 1.06 bits per heavy atom. The Bertz CT molecular complexity index is 1190. The summed E-state index contributed by atoms with van der Waals surface area (Å²) in [5, 5.41) is 17.8. The van der Waals surface area contributed by atoms with Crippen LogP contribution in [0.3, 0.4) is 0 Å². The maximum atomic E-state index is 14.8. The highest BCUT2D eigenvalue weighted by molar-refractivity contribution is 5.85. The smallest absolute Gasteiger partial charge is 0.152 e. The average molecular weight is 420 g/mol. The van der Waals surface area contributed by atoms with Crippen molar-refractivity contribution in [3.8, 4) is 11.4 Å². The second-order valence-corrected chi connectivity index (χ2v) is 7.41. The lowest BCUT2D eigenvalue weighted by Crippen LogP contribution is -2.17. The summed E-state index contributed by atoms with van der Waals surface area (Å²) in [6.07, 6.45) is 0.679. The minimum absolute atomic E-state index is 0.379. The molecule has 4 aromatic rings. The van der Waals surface area contributed by atoms with Gasteiger partial charge in [0.25, 0.3) is 0 Å². The lowest BCUT2D eigenvalue weighted by atomic mass is 10.1. The summed E-state index contributed by atoms with van der Waals surface area (Å²) in [5.41, 5.74) is 4.79. The molecule has 0 aliphatic carbocycles. The van der Waals surface area contributed by atoms with E-state index in [1.165, 1.54) is 11.6 Å². The molecule has 0 aliphatic heterocycles. The molecule has 0 unspecified atom stereocenters. The number of nitrogens with zero attached hydrogens (tertiary/aromatic N) is 4. The molecular formula is C24H26FN5O. The monoisotopic (exact) mass is 419 g/mol. The predicted molar refractivity (Wildman–Crippen MR) is 119 cm³/mol. The molecule has 0 saturated heterocycles. The Labute approximate surface area is 181 Å². The Morgan fingerprint density at radius 2 is 1.87 bits per heavy atom. The number of rotatable bonds is 8. The fraction of sp³-hybridized carbons (Fsp3) is 0.292. The van der Waals surface area contributed by atoms with Gasteiger partial charge in [0.15, 0.2) is 5.82 Å². The first kappa shape index (κ1) is 20.9. The molecule has 0 aliphatic rings. The summed E-state index contributed by atoms with van der Waals surface area (Å²) in [6, 6.07) is 15.1.